The SMILES string of the molecule is O=C(CCl)NCc1cccc(S(=O)(=O)N2CCNC(=O)C2)c1. The first kappa shape index (κ1) is 16.7. The normalized spacial score (nSPS) is 16.1. The molecule has 0 aromatic heterocycles. The minimum absolute atomic E-state index is 0.0971. The second-order valence-electron chi connectivity index (χ2n) is 4.75. The van der Waals surface area contributed by atoms with Crippen LogP contribution < -0.4 is 10.6 Å². The molecule has 120 valence electrons. The fraction of sp³-hybridized carbons (Fsp3) is 0.385. The lowest BCUT2D eigenvalue weighted by atomic mass is 10.2. The maximum absolute atomic E-state index is 12.5. The summed E-state index contributed by atoms with van der Waals surface area (Å²) in [5.74, 6) is -0.802. The van der Waals surface area contributed by atoms with Crippen molar-refractivity contribution in [3.63, 3.8) is 0 Å². The number of alkyl halides is 1. The summed E-state index contributed by atoms with van der Waals surface area (Å²) in [6, 6.07) is 6.25. The molecule has 0 radical (unpaired) electrons. The Morgan fingerprint density at radius 2 is 2.18 bits per heavy atom. The number of rotatable bonds is 5. The van der Waals surface area contributed by atoms with Crippen LogP contribution in [-0.4, -0.2) is 50.1 Å². The van der Waals surface area contributed by atoms with E-state index in [0.717, 1.165) is 4.31 Å². The molecule has 1 aromatic rings. The molecule has 1 aromatic carbocycles. The van der Waals surface area contributed by atoms with Crippen LogP contribution in [0.4, 0.5) is 0 Å². The Balaban J connectivity index is 2.17. The zero-order valence-corrected chi connectivity index (χ0v) is 13.3. The summed E-state index contributed by atoms with van der Waals surface area (Å²) in [4.78, 5) is 22.6. The summed E-state index contributed by atoms with van der Waals surface area (Å²) in [5, 5.41) is 5.15. The van der Waals surface area contributed by atoms with E-state index in [4.69, 9.17) is 11.6 Å². The summed E-state index contributed by atoms with van der Waals surface area (Å²) in [6.45, 7) is 0.537. The van der Waals surface area contributed by atoms with Crippen molar-refractivity contribution in [2.75, 3.05) is 25.5 Å². The molecule has 1 aliphatic heterocycles. The van der Waals surface area contributed by atoms with Gasteiger partial charge in [-0.3, -0.25) is 9.59 Å². The van der Waals surface area contributed by atoms with Gasteiger partial charge in [-0.05, 0) is 17.7 Å². The molecule has 0 atom stereocenters. The van der Waals surface area contributed by atoms with Gasteiger partial charge in [0, 0.05) is 19.6 Å². The molecule has 0 unspecified atom stereocenters. The van der Waals surface area contributed by atoms with E-state index in [1.165, 1.54) is 12.1 Å². The van der Waals surface area contributed by atoms with Gasteiger partial charge in [-0.1, -0.05) is 12.1 Å². The molecule has 0 saturated carbocycles. The van der Waals surface area contributed by atoms with Gasteiger partial charge < -0.3 is 10.6 Å². The Morgan fingerprint density at radius 3 is 2.86 bits per heavy atom. The summed E-state index contributed by atoms with van der Waals surface area (Å²) in [6.07, 6.45) is 0. The fourth-order valence-corrected chi connectivity index (χ4v) is 3.60. The lowest BCUT2D eigenvalue weighted by Crippen LogP contribution is -2.49. The predicted octanol–water partition coefficient (Wildman–Crippen LogP) is -0.338. The van der Waals surface area contributed by atoms with Gasteiger partial charge in [0.2, 0.25) is 21.8 Å². The van der Waals surface area contributed by atoms with Crippen LogP contribution in [-0.2, 0) is 26.2 Å². The van der Waals surface area contributed by atoms with Crippen molar-refractivity contribution in [1.82, 2.24) is 14.9 Å². The van der Waals surface area contributed by atoms with Gasteiger partial charge in [0.05, 0.1) is 11.4 Å². The van der Waals surface area contributed by atoms with Crippen molar-refractivity contribution in [2.45, 2.75) is 11.4 Å². The fourth-order valence-electron chi connectivity index (χ4n) is 2.03. The van der Waals surface area contributed by atoms with Crippen LogP contribution in [0.1, 0.15) is 5.56 Å². The van der Waals surface area contributed by atoms with Gasteiger partial charge in [-0.15, -0.1) is 11.6 Å². The number of amides is 2. The summed E-state index contributed by atoms with van der Waals surface area (Å²) >= 11 is 5.38. The van der Waals surface area contributed by atoms with E-state index in [-0.39, 0.29) is 42.2 Å². The molecule has 1 heterocycles. The number of carbonyl (C=O) groups excluding carboxylic acids is 2. The first-order chi connectivity index (χ1) is 10.4. The average molecular weight is 346 g/mol. The van der Waals surface area contributed by atoms with E-state index in [0.29, 0.717) is 12.1 Å². The van der Waals surface area contributed by atoms with Crippen LogP contribution >= 0.6 is 11.6 Å². The van der Waals surface area contributed by atoms with E-state index in [1.807, 2.05) is 0 Å². The molecular weight excluding hydrogens is 330 g/mol. The largest absolute Gasteiger partial charge is 0.354 e. The second kappa shape index (κ2) is 7.08. The van der Waals surface area contributed by atoms with Crippen LogP contribution in [0.2, 0.25) is 0 Å². The van der Waals surface area contributed by atoms with E-state index in [2.05, 4.69) is 10.6 Å². The van der Waals surface area contributed by atoms with Gasteiger partial charge in [-0.2, -0.15) is 4.31 Å². The summed E-state index contributed by atoms with van der Waals surface area (Å²) in [7, 11) is -3.73. The predicted molar refractivity (Wildman–Crippen MR) is 80.8 cm³/mol. The van der Waals surface area contributed by atoms with Gasteiger partial charge in [0.15, 0.2) is 0 Å². The van der Waals surface area contributed by atoms with Crippen LogP contribution in [0, 0.1) is 0 Å². The monoisotopic (exact) mass is 345 g/mol. The molecular formula is C13H16ClN3O4S. The van der Waals surface area contributed by atoms with E-state index in [9.17, 15) is 18.0 Å². The number of carbonyl (C=O) groups is 2. The average Bonchev–Trinajstić information content (AvgIpc) is 2.53. The van der Waals surface area contributed by atoms with Crippen molar-refractivity contribution >= 4 is 33.4 Å². The summed E-state index contributed by atoms with van der Waals surface area (Å²) in [5.41, 5.74) is 0.640. The summed E-state index contributed by atoms with van der Waals surface area (Å²) < 4.78 is 26.2. The second-order valence-corrected chi connectivity index (χ2v) is 6.95. The third-order valence-corrected chi connectivity index (χ3v) is 5.23. The Hall–Kier alpha value is -1.64. The maximum Gasteiger partial charge on any atom is 0.243 e. The molecule has 7 nitrogen and oxygen atoms in total. The Kier molecular flexibility index (Phi) is 5.38. The van der Waals surface area contributed by atoms with Crippen molar-refractivity contribution in [3.8, 4) is 0 Å². The molecule has 22 heavy (non-hydrogen) atoms. The van der Waals surface area contributed by atoms with Crippen molar-refractivity contribution in [2.24, 2.45) is 0 Å². The molecule has 2 rings (SSSR count). The highest BCUT2D eigenvalue weighted by Gasteiger charge is 2.29. The van der Waals surface area contributed by atoms with Gasteiger partial charge in [0.1, 0.15) is 5.88 Å². The number of halogens is 1. The number of nitrogens with one attached hydrogen (secondary N) is 2. The van der Waals surface area contributed by atoms with Crippen LogP contribution in [0.3, 0.4) is 0 Å². The standard InChI is InChI=1S/C13H16ClN3O4S/c14-7-12(18)16-8-10-2-1-3-11(6-10)22(20,21)17-5-4-15-13(19)9-17/h1-3,6H,4-5,7-9H2,(H,15,19)(H,16,18). The minimum atomic E-state index is -3.73. The molecule has 1 fully saturated rings. The lowest BCUT2D eigenvalue weighted by molar-refractivity contribution is -0.122. The molecule has 0 spiro atoms. The maximum atomic E-state index is 12.5. The van der Waals surface area contributed by atoms with Gasteiger partial charge >= 0.3 is 0 Å². The van der Waals surface area contributed by atoms with Gasteiger partial charge in [-0.25, -0.2) is 8.42 Å². The van der Waals surface area contributed by atoms with Crippen LogP contribution in [0.5, 0.6) is 0 Å². The highest BCUT2D eigenvalue weighted by molar-refractivity contribution is 7.89. The smallest absolute Gasteiger partial charge is 0.243 e. The van der Waals surface area contributed by atoms with Crippen LogP contribution in [0.25, 0.3) is 0 Å². The molecule has 9 heteroatoms. The Morgan fingerprint density at radius 1 is 1.41 bits per heavy atom. The quantitative estimate of drug-likeness (QED) is 0.714. The molecule has 2 amide bonds. The zero-order chi connectivity index (χ0) is 16.2. The number of piperazine rings is 1. The molecule has 1 saturated heterocycles. The molecule has 2 N–H and O–H groups in total. The third-order valence-electron chi connectivity index (χ3n) is 3.15. The van der Waals surface area contributed by atoms with Crippen molar-refractivity contribution in [1.29, 1.82) is 0 Å². The van der Waals surface area contributed by atoms with E-state index >= 15 is 0 Å². The first-order valence-electron chi connectivity index (χ1n) is 6.62. The van der Waals surface area contributed by atoms with E-state index in [1.54, 1.807) is 12.1 Å². The van der Waals surface area contributed by atoms with Crippen LogP contribution in [0.15, 0.2) is 29.2 Å². The zero-order valence-electron chi connectivity index (χ0n) is 11.7. The number of benzene rings is 1. The molecule has 1 aliphatic rings. The number of nitrogens with zero attached hydrogens (tertiary/aromatic N) is 1. The highest BCUT2D eigenvalue weighted by atomic mass is 35.5. The minimum Gasteiger partial charge on any atom is -0.354 e. The number of hydrogen-bond acceptors (Lipinski definition) is 4. The molecule has 0 aliphatic carbocycles. The third kappa shape index (κ3) is 3.96. The highest BCUT2D eigenvalue weighted by Crippen LogP contribution is 2.17. The topological polar surface area (TPSA) is 95.6 Å². The van der Waals surface area contributed by atoms with Gasteiger partial charge in [0.25, 0.3) is 0 Å². The first-order valence-corrected chi connectivity index (χ1v) is 8.59. The number of sulfonamides is 1. The Bertz CT molecular complexity index is 678. The van der Waals surface area contributed by atoms with E-state index < -0.39 is 10.0 Å². The molecule has 0 bridgehead atoms. The van der Waals surface area contributed by atoms with Crippen molar-refractivity contribution < 1.29 is 18.0 Å². The Labute approximate surface area is 133 Å². The van der Waals surface area contributed by atoms with Crippen molar-refractivity contribution in [3.05, 3.63) is 29.8 Å². The lowest BCUT2D eigenvalue weighted by Gasteiger charge is -2.26. The number of hydrogen-bond donors (Lipinski definition) is 2.